The summed E-state index contributed by atoms with van der Waals surface area (Å²) < 4.78 is 10.8. The molecule has 0 radical (unpaired) electrons. The summed E-state index contributed by atoms with van der Waals surface area (Å²) in [5.41, 5.74) is 4.18. The number of aryl methyl sites for hydroxylation is 2. The smallest absolute Gasteiger partial charge is 0.259 e. The van der Waals surface area contributed by atoms with Crippen molar-refractivity contribution in [2.24, 2.45) is 0 Å². The number of rotatable bonds is 5. The third-order valence-electron chi connectivity index (χ3n) is 5.68. The Balaban J connectivity index is 1.61. The van der Waals surface area contributed by atoms with Crippen molar-refractivity contribution in [3.05, 3.63) is 88.4 Å². The molecule has 1 aromatic heterocycles. The van der Waals surface area contributed by atoms with Crippen molar-refractivity contribution in [1.29, 1.82) is 0 Å². The lowest BCUT2D eigenvalue weighted by Crippen LogP contribution is -2.43. The molecule has 4 rings (SSSR count). The Morgan fingerprint density at radius 3 is 2.61 bits per heavy atom. The maximum absolute atomic E-state index is 13.2. The monoisotopic (exact) mass is 444 g/mol. The molecule has 1 aliphatic heterocycles. The van der Waals surface area contributed by atoms with Crippen molar-refractivity contribution in [1.82, 2.24) is 5.32 Å². The summed E-state index contributed by atoms with van der Waals surface area (Å²) in [6.45, 7) is 7.76. The zero-order valence-corrected chi connectivity index (χ0v) is 19.5. The molecule has 170 valence electrons. The second-order valence-corrected chi connectivity index (χ2v) is 8.99. The molecule has 6 heteroatoms. The number of anilines is 1. The molecule has 3 aromatic rings. The molecule has 0 bridgehead atoms. The lowest BCUT2D eigenvalue weighted by atomic mass is 9.85. The Kier molecular flexibility index (Phi) is 5.85. The number of ether oxygens (including phenoxy) is 1. The number of amides is 1. The quantitative estimate of drug-likeness (QED) is 0.412. The minimum atomic E-state index is -0.274. The summed E-state index contributed by atoms with van der Waals surface area (Å²) in [6, 6.07) is 14.6. The Morgan fingerprint density at radius 2 is 1.91 bits per heavy atom. The predicted octanol–water partition coefficient (Wildman–Crippen LogP) is 5.31. The SMILES string of the molecule is COc1ccc2c(c1)C(=CC(=O)c1cccc(NC(=O)c3cc(C)oc3C)c1)NC(C)(C)C2. The molecule has 0 unspecified atom stereocenters. The van der Waals surface area contributed by atoms with Crippen LogP contribution >= 0.6 is 0 Å². The number of hydrogen-bond acceptors (Lipinski definition) is 5. The van der Waals surface area contributed by atoms with Gasteiger partial charge in [0.1, 0.15) is 17.3 Å². The molecule has 0 spiro atoms. The van der Waals surface area contributed by atoms with Crippen molar-refractivity contribution in [3.8, 4) is 5.75 Å². The summed E-state index contributed by atoms with van der Waals surface area (Å²) >= 11 is 0. The molecule has 2 heterocycles. The molecule has 6 nitrogen and oxygen atoms in total. The fourth-order valence-electron chi connectivity index (χ4n) is 4.17. The first-order valence-electron chi connectivity index (χ1n) is 10.9. The number of methoxy groups -OCH3 is 1. The zero-order valence-electron chi connectivity index (χ0n) is 19.5. The van der Waals surface area contributed by atoms with Gasteiger partial charge in [0.2, 0.25) is 0 Å². The van der Waals surface area contributed by atoms with Gasteiger partial charge in [-0.3, -0.25) is 9.59 Å². The topological polar surface area (TPSA) is 80.6 Å². The zero-order chi connectivity index (χ0) is 23.8. The molecule has 2 N–H and O–H groups in total. The second-order valence-electron chi connectivity index (χ2n) is 8.99. The Morgan fingerprint density at radius 1 is 1.12 bits per heavy atom. The van der Waals surface area contributed by atoms with Crippen LogP contribution in [0.1, 0.15) is 57.2 Å². The van der Waals surface area contributed by atoms with Crippen LogP contribution in [-0.2, 0) is 6.42 Å². The Hall–Kier alpha value is -3.80. The van der Waals surface area contributed by atoms with Gasteiger partial charge in [-0.2, -0.15) is 0 Å². The van der Waals surface area contributed by atoms with Gasteiger partial charge in [0.15, 0.2) is 5.78 Å². The summed E-state index contributed by atoms with van der Waals surface area (Å²) in [7, 11) is 1.63. The lowest BCUT2D eigenvalue weighted by Gasteiger charge is -2.35. The number of fused-ring (bicyclic) bond motifs is 1. The van der Waals surface area contributed by atoms with Gasteiger partial charge < -0.3 is 19.8 Å². The molecule has 0 aliphatic carbocycles. The van der Waals surface area contributed by atoms with E-state index < -0.39 is 0 Å². The summed E-state index contributed by atoms with van der Waals surface area (Å²) in [5.74, 6) is 1.54. The number of furan rings is 1. The number of allylic oxidation sites excluding steroid dienone is 1. The van der Waals surface area contributed by atoms with Gasteiger partial charge >= 0.3 is 0 Å². The molecule has 0 saturated carbocycles. The van der Waals surface area contributed by atoms with Crippen LogP contribution in [0.5, 0.6) is 5.75 Å². The van der Waals surface area contributed by atoms with Gasteiger partial charge in [0, 0.05) is 34.1 Å². The van der Waals surface area contributed by atoms with E-state index >= 15 is 0 Å². The maximum atomic E-state index is 13.2. The van der Waals surface area contributed by atoms with Gasteiger partial charge in [0.25, 0.3) is 5.91 Å². The summed E-state index contributed by atoms with van der Waals surface area (Å²) in [4.78, 5) is 25.8. The third kappa shape index (κ3) is 4.85. The first-order chi connectivity index (χ1) is 15.6. The van der Waals surface area contributed by atoms with E-state index in [9.17, 15) is 9.59 Å². The van der Waals surface area contributed by atoms with Crippen molar-refractivity contribution in [3.63, 3.8) is 0 Å². The van der Waals surface area contributed by atoms with Crippen LogP contribution in [-0.4, -0.2) is 24.3 Å². The minimum absolute atomic E-state index is 0.157. The van der Waals surface area contributed by atoms with Crippen molar-refractivity contribution in [2.45, 2.75) is 39.7 Å². The third-order valence-corrected chi connectivity index (χ3v) is 5.68. The van der Waals surface area contributed by atoms with Crippen LogP contribution < -0.4 is 15.4 Å². The van der Waals surface area contributed by atoms with Gasteiger partial charge in [-0.25, -0.2) is 0 Å². The molecule has 0 fully saturated rings. The van der Waals surface area contributed by atoms with E-state index in [1.165, 1.54) is 0 Å². The first kappa shape index (κ1) is 22.4. The van der Waals surface area contributed by atoms with E-state index in [-0.39, 0.29) is 17.2 Å². The molecular formula is C27H28N2O4. The number of ketones is 1. The molecule has 1 aliphatic rings. The highest BCUT2D eigenvalue weighted by atomic mass is 16.5. The Labute approximate surface area is 193 Å². The van der Waals surface area contributed by atoms with Gasteiger partial charge in [-0.15, -0.1) is 0 Å². The number of benzene rings is 2. The average molecular weight is 445 g/mol. The minimum Gasteiger partial charge on any atom is -0.497 e. The molecular weight excluding hydrogens is 416 g/mol. The fraction of sp³-hybridized carbons (Fsp3) is 0.259. The van der Waals surface area contributed by atoms with E-state index in [1.54, 1.807) is 57.4 Å². The number of nitrogens with one attached hydrogen (secondary N) is 2. The van der Waals surface area contributed by atoms with E-state index in [1.807, 2.05) is 18.2 Å². The highest BCUT2D eigenvalue weighted by Crippen LogP contribution is 2.32. The molecule has 33 heavy (non-hydrogen) atoms. The van der Waals surface area contributed by atoms with Crippen LogP contribution in [0.15, 0.2) is 59.0 Å². The van der Waals surface area contributed by atoms with Crippen LogP contribution in [0.4, 0.5) is 5.69 Å². The van der Waals surface area contributed by atoms with Crippen LogP contribution in [0.3, 0.4) is 0 Å². The van der Waals surface area contributed by atoms with Crippen molar-refractivity contribution >= 4 is 23.1 Å². The van der Waals surface area contributed by atoms with Crippen molar-refractivity contribution < 1.29 is 18.7 Å². The van der Waals surface area contributed by atoms with E-state index in [0.717, 1.165) is 29.0 Å². The fourth-order valence-corrected chi connectivity index (χ4v) is 4.17. The van der Waals surface area contributed by atoms with Crippen LogP contribution in [0, 0.1) is 13.8 Å². The van der Waals surface area contributed by atoms with E-state index in [4.69, 9.17) is 9.15 Å². The Bertz CT molecular complexity index is 1270. The van der Waals surface area contributed by atoms with E-state index in [2.05, 4.69) is 24.5 Å². The molecule has 0 atom stereocenters. The lowest BCUT2D eigenvalue weighted by molar-refractivity contribution is 0.102. The van der Waals surface area contributed by atoms with Gasteiger partial charge in [0.05, 0.1) is 12.7 Å². The predicted molar refractivity (Wildman–Crippen MR) is 129 cm³/mol. The van der Waals surface area contributed by atoms with E-state index in [0.29, 0.717) is 28.3 Å². The van der Waals surface area contributed by atoms with Gasteiger partial charge in [-0.05, 0) is 70.0 Å². The van der Waals surface area contributed by atoms with Crippen LogP contribution in [0.25, 0.3) is 5.70 Å². The number of hydrogen-bond donors (Lipinski definition) is 2. The standard InChI is InChI=1S/C27H28N2O4/c1-16-11-22(17(2)33-16)26(31)28-20-8-6-7-18(12-20)25(30)14-24-23-13-21(32-5)10-9-19(23)15-27(3,4)29-24/h6-14,29H,15H2,1-5H3,(H,28,31). The maximum Gasteiger partial charge on any atom is 0.259 e. The van der Waals surface area contributed by atoms with Crippen LogP contribution in [0.2, 0.25) is 0 Å². The number of carbonyl (C=O) groups is 2. The summed E-state index contributed by atoms with van der Waals surface area (Å²) in [5, 5.41) is 6.33. The highest BCUT2D eigenvalue weighted by Gasteiger charge is 2.28. The normalized spacial score (nSPS) is 15.5. The van der Waals surface area contributed by atoms with Gasteiger partial charge in [-0.1, -0.05) is 18.2 Å². The number of carbonyl (C=O) groups excluding carboxylic acids is 2. The highest BCUT2D eigenvalue weighted by molar-refractivity contribution is 6.10. The average Bonchev–Trinajstić information content (AvgIpc) is 3.11. The molecule has 2 aromatic carbocycles. The largest absolute Gasteiger partial charge is 0.497 e. The second kappa shape index (κ2) is 8.62. The first-order valence-corrected chi connectivity index (χ1v) is 10.9. The molecule has 0 saturated heterocycles. The molecule has 1 amide bonds. The van der Waals surface area contributed by atoms with Crippen molar-refractivity contribution in [2.75, 3.05) is 12.4 Å². The summed E-state index contributed by atoms with van der Waals surface area (Å²) in [6.07, 6.45) is 2.45.